The van der Waals surface area contributed by atoms with Gasteiger partial charge in [-0.3, -0.25) is 4.79 Å². The molecule has 4 heteroatoms. The van der Waals surface area contributed by atoms with Gasteiger partial charge in [0.2, 0.25) is 0 Å². The van der Waals surface area contributed by atoms with Crippen molar-refractivity contribution in [1.82, 2.24) is 5.32 Å². The number of piperidine rings is 1. The van der Waals surface area contributed by atoms with Gasteiger partial charge in [-0.05, 0) is 81.3 Å². The molecule has 29 heavy (non-hydrogen) atoms. The Bertz CT molecular complexity index is 831. The number of aryl methyl sites for hydroxylation is 2. The molecule has 3 atom stereocenters. The van der Waals surface area contributed by atoms with Gasteiger partial charge in [0.05, 0.1) is 6.04 Å². The van der Waals surface area contributed by atoms with E-state index >= 15 is 0 Å². The van der Waals surface area contributed by atoms with E-state index in [0.29, 0.717) is 0 Å². The molecule has 0 spiro atoms. The number of carbonyl (C=O) groups is 1. The standard InChI is InChI=1S/C25H34N2O2/c1-17-8-9-19(3)24(15-17)29-21(5)25(28)26-20(4)22-10-12-23(13-11-22)27-14-6-7-18(2)16-27/h8-13,15,18,20-21H,6-7,14,16H2,1-5H3,(H,26,28)/t18-,20-,21-/m1/s1. The highest BCUT2D eigenvalue weighted by Gasteiger charge is 2.20. The van der Waals surface area contributed by atoms with Crippen LogP contribution in [-0.2, 0) is 4.79 Å². The number of nitrogens with zero attached hydrogens (tertiary/aromatic N) is 1. The summed E-state index contributed by atoms with van der Waals surface area (Å²) in [5.74, 6) is 1.41. The van der Waals surface area contributed by atoms with E-state index in [2.05, 4.69) is 41.4 Å². The van der Waals surface area contributed by atoms with Crippen LogP contribution in [0.1, 0.15) is 56.3 Å². The highest BCUT2D eigenvalue weighted by atomic mass is 16.5. The van der Waals surface area contributed by atoms with Gasteiger partial charge in [0, 0.05) is 18.8 Å². The second-order valence-corrected chi connectivity index (χ2v) is 8.54. The van der Waals surface area contributed by atoms with Crippen molar-refractivity contribution in [2.75, 3.05) is 18.0 Å². The van der Waals surface area contributed by atoms with Crippen molar-refractivity contribution in [2.45, 2.75) is 59.6 Å². The Hall–Kier alpha value is -2.49. The summed E-state index contributed by atoms with van der Waals surface area (Å²) in [5, 5.41) is 3.08. The highest BCUT2D eigenvalue weighted by Crippen LogP contribution is 2.25. The van der Waals surface area contributed by atoms with E-state index in [0.717, 1.165) is 41.4 Å². The van der Waals surface area contributed by atoms with Crippen molar-refractivity contribution >= 4 is 11.6 Å². The van der Waals surface area contributed by atoms with E-state index in [-0.39, 0.29) is 11.9 Å². The van der Waals surface area contributed by atoms with Gasteiger partial charge < -0.3 is 15.0 Å². The molecule has 1 aliphatic rings. The summed E-state index contributed by atoms with van der Waals surface area (Å²) < 4.78 is 5.91. The van der Waals surface area contributed by atoms with Crippen LogP contribution in [0.2, 0.25) is 0 Å². The Morgan fingerprint density at radius 2 is 1.86 bits per heavy atom. The maximum atomic E-state index is 12.6. The molecule has 0 saturated carbocycles. The maximum absolute atomic E-state index is 12.6. The molecule has 0 aliphatic carbocycles. The number of ether oxygens (including phenoxy) is 1. The Labute approximate surface area is 175 Å². The fourth-order valence-corrected chi connectivity index (χ4v) is 3.89. The molecule has 0 aromatic heterocycles. The van der Waals surface area contributed by atoms with Gasteiger partial charge >= 0.3 is 0 Å². The van der Waals surface area contributed by atoms with Crippen LogP contribution in [-0.4, -0.2) is 25.1 Å². The molecule has 1 N–H and O–H groups in total. The Balaban J connectivity index is 1.58. The SMILES string of the molecule is Cc1ccc(C)c(O[C@H](C)C(=O)N[C@H](C)c2ccc(N3CCC[C@@H](C)C3)cc2)c1. The lowest BCUT2D eigenvalue weighted by Crippen LogP contribution is -2.38. The fraction of sp³-hybridized carbons (Fsp3) is 0.480. The lowest BCUT2D eigenvalue weighted by molar-refractivity contribution is -0.127. The van der Waals surface area contributed by atoms with Gasteiger partial charge in [0.1, 0.15) is 5.75 Å². The van der Waals surface area contributed by atoms with Crippen LogP contribution in [0, 0.1) is 19.8 Å². The first-order chi connectivity index (χ1) is 13.8. The van der Waals surface area contributed by atoms with Crippen LogP contribution < -0.4 is 15.0 Å². The minimum Gasteiger partial charge on any atom is -0.481 e. The molecular weight excluding hydrogens is 360 g/mol. The molecule has 1 aliphatic heterocycles. The number of rotatable bonds is 6. The number of amides is 1. The summed E-state index contributed by atoms with van der Waals surface area (Å²) in [5.41, 5.74) is 4.53. The third-order valence-corrected chi connectivity index (χ3v) is 5.79. The average Bonchev–Trinajstić information content (AvgIpc) is 2.70. The Kier molecular flexibility index (Phi) is 6.83. The zero-order valence-corrected chi connectivity index (χ0v) is 18.4. The van der Waals surface area contributed by atoms with Gasteiger partial charge in [-0.15, -0.1) is 0 Å². The zero-order valence-electron chi connectivity index (χ0n) is 18.4. The van der Waals surface area contributed by atoms with E-state index in [9.17, 15) is 4.79 Å². The van der Waals surface area contributed by atoms with Gasteiger partial charge in [-0.25, -0.2) is 0 Å². The number of hydrogen-bond donors (Lipinski definition) is 1. The van der Waals surface area contributed by atoms with Crippen molar-refractivity contribution in [2.24, 2.45) is 5.92 Å². The van der Waals surface area contributed by atoms with E-state index in [1.165, 1.54) is 18.5 Å². The number of benzene rings is 2. The van der Waals surface area contributed by atoms with Crippen molar-refractivity contribution in [3.05, 3.63) is 59.2 Å². The monoisotopic (exact) mass is 394 g/mol. The molecule has 4 nitrogen and oxygen atoms in total. The minimum absolute atomic E-state index is 0.0681. The smallest absolute Gasteiger partial charge is 0.261 e. The first-order valence-corrected chi connectivity index (χ1v) is 10.7. The third-order valence-electron chi connectivity index (χ3n) is 5.79. The second kappa shape index (κ2) is 9.34. The zero-order chi connectivity index (χ0) is 21.0. The summed E-state index contributed by atoms with van der Waals surface area (Å²) in [6.45, 7) is 12.4. The predicted octanol–water partition coefficient (Wildman–Crippen LogP) is 5.18. The summed E-state index contributed by atoms with van der Waals surface area (Å²) in [6.07, 6.45) is 2.03. The summed E-state index contributed by atoms with van der Waals surface area (Å²) in [7, 11) is 0. The minimum atomic E-state index is -0.549. The van der Waals surface area contributed by atoms with E-state index in [4.69, 9.17) is 4.74 Å². The van der Waals surface area contributed by atoms with Gasteiger partial charge in [0.25, 0.3) is 5.91 Å². The van der Waals surface area contributed by atoms with Crippen molar-refractivity contribution in [3.8, 4) is 5.75 Å². The van der Waals surface area contributed by atoms with Gasteiger partial charge in [0.15, 0.2) is 6.10 Å². The topological polar surface area (TPSA) is 41.6 Å². The molecule has 156 valence electrons. The number of nitrogens with one attached hydrogen (secondary N) is 1. The second-order valence-electron chi connectivity index (χ2n) is 8.54. The lowest BCUT2D eigenvalue weighted by atomic mass is 9.99. The number of anilines is 1. The van der Waals surface area contributed by atoms with Crippen molar-refractivity contribution in [1.29, 1.82) is 0 Å². The molecule has 1 saturated heterocycles. The quantitative estimate of drug-likeness (QED) is 0.733. The normalized spacial score (nSPS) is 18.8. The van der Waals surface area contributed by atoms with Crippen molar-refractivity contribution < 1.29 is 9.53 Å². The first kappa shape index (κ1) is 21.2. The van der Waals surface area contributed by atoms with Crippen molar-refractivity contribution in [3.63, 3.8) is 0 Å². The molecule has 2 aromatic carbocycles. The van der Waals surface area contributed by atoms with Gasteiger partial charge in [-0.1, -0.05) is 31.2 Å². The molecule has 2 aromatic rings. The molecule has 0 bridgehead atoms. The molecular formula is C25H34N2O2. The average molecular weight is 395 g/mol. The number of hydrogen-bond acceptors (Lipinski definition) is 3. The predicted molar refractivity (Wildman–Crippen MR) is 120 cm³/mol. The summed E-state index contributed by atoms with van der Waals surface area (Å²) >= 11 is 0. The van der Waals surface area contributed by atoms with E-state index in [1.807, 2.05) is 39.0 Å². The van der Waals surface area contributed by atoms with Crippen LogP contribution in [0.15, 0.2) is 42.5 Å². The highest BCUT2D eigenvalue weighted by molar-refractivity contribution is 5.81. The lowest BCUT2D eigenvalue weighted by Gasteiger charge is -2.33. The Morgan fingerprint density at radius 1 is 1.14 bits per heavy atom. The summed E-state index contributed by atoms with van der Waals surface area (Å²) in [6, 6.07) is 14.6. The van der Waals surface area contributed by atoms with E-state index in [1.54, 1.807) is 6.92 Å². The van der Waals surface area contributed by atoms with Crippen LogP contribution in [0.4, 0.5) is 5.69 Å². The molecule has 0 unspecified atom stereocenters. The summed E-state index contributed by atoms with van der Waals surface area (Å²) in [4.78, 5) is 15.1. The molecule has 0 radical (unpaired) electrons. The molecule has 1 fully saturated rings. The molecule has 3 rings (SSSR count). The molecule has 1 amide bonds. The van der Waals surface area contributed by atoms with Crippen LogP contribution in [0.25, 0.3) is 0 Å². The van der Waals surface area contributed by atoms with Crippen LogP contribution in [0.5, 0.6) is 5.75 Å². The number of carbonyl (C=O) groups excluding carboxylic acids is 1. The first-order valence-electron chi connectivity index (χ1n) is 10.7. The van der Waals surface area contributed by atoms with Crippen LogP contribution in [0.3, 0.4) is 0 Å². The van der Waals surface area contributed by atoms with E-state index < -0.39 is 6.10 Å². The van der Waals surface area contributed by atoms with Crippen LogP contribution >= 0.6 is 0 Å². The fourth-order valence-electron chi connectivity index (χ4n) is 3.89. The largest absolute Gasteiger partial charge is 0.481 e. The maximum Gasteiger partial charge on any atom is 0.261 e. The van der Waals surface area contributed by atoms with Gasteiger partial charge in [-0.2, -0.15) is 0 Å². The third kappa shape index (κ3) is 5.53. The Morgan fingerprint density at radius 3 is 2.55 bits per heavy atom. The molecule has 1 heterocycles.